The van der Waals surface area contributed by atoms with Crippen LogP contribution in [0.25, 0.3) is 10.8 Å². The fraction of sp³-hybridized carbons (Fsp3) is 0.423. The van der Waals surface area contributed by atoms with Crippen LogP contribution in [0.2, 0.25) is 0 Å². The van der Waals surface area contributed by atoms with E-state index < -0.39 is 0 Å². The molecule has 0 radical (unpaired) electrons. The Morgan fingerprint density at radius 1 is 1.03 bits per heavy atom. The van der Waals surface area contributed by atoms with Gasteiger partial charge in [-0.1, -0.05) is 12.1 Å². The summed E-state index contributed by atoms with van der Waals surface area (Å²) in [5.41, 5.74) is 2.42. The smallest absolute Gasteiger partial charge is 0.161 e. The maximum absolute atomic E-state index is 5.73. The highest BCUT2D eigenvalue weighted by atomic mass is 16.6. The lowest BCUT2D eigenvalue weighted by Crippen LogP contribution is -2.42. The molecule has 1 fully saturated rings. The van der Waals surface area contributed by atoms with E-state index in [0.29, 0.717) is 19.3 Å². The molecule has 3 aromatic rings. The highest BCUT2D eigenvalue weighted by Crippen LogP contribution is 2.31. The first kappa shape index (κ1) is 21.0. The van der Waals surface area contributed by atoms with Crippen molar-refractivity contribution in [2.24, 2.45) is 0 Å². The highest BCUT2D eigenvalue weighted by molar-refractivity contribution is 5.85. The number of fused-ring (bicyclic) bond motifs is 2. The number of hydrogen-bond donors (Lipinski definition) is 1. The van der Waals surface area contributed by atoms with E-state index >= 15 is 0 Å². The van der Waals surface area contributed by atoms with Crippen molar-refractivity contribution in [2.45, 2.75) is 31.8 Å². The number of likely N-dealkylation sites (tertiary alicyclic amines) is 1. The first-order valence-electron chi connectivity index (χ1n) is 11.5. The minimum Gasteiger partial charge on any atom is -0.497 e. The van der Waals surface area contributed by atoms with Gasteiger partial charge < -0.3 is 19.5 Å². The summed E-state index contributed by atoms with van der Waals surface area (Å²) in [6.07, 6.45) is 5.16. The Labute approximate surface area is 189 Å². The molecule has 0 spiro atoms. The van der Waals surface area contributed by atoms with E-state index in [2.05, 4.69) is 45.5 Å². The molecule has 168 valence electrons. The minimum absolute atomic E-state index is 0.566. The monoisotopic (exact) mass is 433 g/mol. The summed E-state index contributed by atoms with van der Waals surface area (Å²) in [5.74, 6) is 2.62. The zero-order valence-corrected chi connectivity index (χ0v) is 18.7. The van der Waals surface area contributed by atoms with Crippen molar-refractivity contribution in [1.82, 2.24) is 15.2 Å². The van der Waals surface area contributed by atoms with Crippen molar-refractivity contribution >= 4 is 10.8 Å². The number of rotatable bonds is 7. The van der Waals surface area contributed by atoms with Crippen LogP contribution in [0.1, 0.15) is 24.1 Å². The standard InChI is InChI=1S/C26H31N3O3/c1-30-22-4-3-20-6-10-28-24(23(20)17-22)7-11-27-21-8-12-29(13-9-21)18-19-2-5-25-26(16-19)32-15-14-31-25/h2-6,10,16-17,21,27H,7-9,11-15,18H2,1H3. The van der Waals surface area contributed by atoms with Crippen LogP contribution < -0.4 is 19.5 Å². The second kappa shape index (κ2) is 9.76. The number of ether oxygens (including phenoxy) is 3. The summed E-state index contributed by atoms with van der Waals surface area (Å²) in [5, 5.41) is 6.15. The normalized spacial score (nSPS) is 16.9. The molecule has 0 amide bonds. The van der Waals surface area contributed by atoms with E-state index in [1.54, 1.807) is 7.11 Å². The third kappa shape index (κ3) is 4.81. The Kier molecular flexibility index (Phi) is 6.41. The molecule has 0 unspecified atom stereocenters. The predicted molar refractivity (Wildman–Crippen MR) is 126 cm³/mol. The van der Waals surface area contributed by atoms with Crippen LogP contribution in [-0.2, 0) is 13.0 Å². The fourth-order valence-corrected chi connectivity index (χ4v) is 4.67. The molecular formula is C26H31N3O3. The van der Waals surface area contributed by atoms with Crippen LogP contribution in [0, 0.1) is 0 Å². The molecule has 6 nitrogen and oxygen atoms in total. The van der Waals surface area contributed by atoms with Gasteiger partial charge in [0, 0.05) is 42.8 Å². The Morgan fingerprint density at radius 2 is 1.88 bits per heavy atom. The largest absolute Gasteiger partial charge is 0.497 e. The van der Waals surface area contributed by atoms with Gasteiger partial charge in [-0.25, -0.2) is 0 Å². The lowest BCUT2D eigenvalue weighted by atomic mass is 10.0. The number of piperidine rings is 1. The molecule has 2 aromatic carbocycles. The second-order valence-corrected chi connectivity index (χ2v) is 8.58. The lowest BCUT2D eigenvalue weighted by Gasteiger charge is -2.32. The summed E-state index contributed by atoms with van der Waals surface area (Å²) >= 11 is 0. The fourth-order valence-electron chi connectivity index (χ4n) is 4.67. The van der Waals surface area contributed by atoms with Gasteiger partial charge in [0.15, 0.2) is 11.5 Å². The molecule has 0 aliphatic carbocycles. The van der Waals surface area contributed by atoms with E-state index in [4.69, 9.17) is 14.2 Å². The second-order valence-electron chi connectivity index (χ2n) is 8.58. The lowest BCUT2D eigenvalue weighted by molar-refractivity contribution is 0.169. The van der Waals surface area contributed by atoms with Crippen molar-refractivity contribution in [3.8, 4) is 17.2 Å². The molecule has 2 aliphatic rings. The molecule has 1 N–H and O–H groups in total. The molecule has 3 heterocycles. The van der Waals surface area contributed by atoms with Crippen LogP contribution in [0.3, 0.4) is 0 Å². The van der Waals surface area contributed by atoms with Crippen LogP contribution in [0.15, 0.2) is 48.7 Å². The van der Waals surface area contributed by atoms with Crippen molar-refractivity contribution in [1.29, 1.82) is 0 Å². The van der Waals surface area contributed by atoms with Crippen molar-refractivity contribution in [3.63, 3.8) is 0 Å². The van der Waals surface area contributed by atoms with Crippen LogP contribution in [0.5, 0.6) is 17.2 Å². The topological polar surface area (TPSA) is 55.9 Å². The molecule has 32 heavy (non-hydrogen) atoms. The van der Waals surface area contributed by atoms with Crippen molar-refractivity contribution in [2.75, 3.05) is 40.0 Å². The Balaban J connectivity index is 1.10. The van der Waals surface area contributed by atoms with Crippen molar-refractivity contribution in [3.05, 3.63) is 59.9 Å². The number of benzene rings is 2. The van der Waals surface area contributed by atoms with Gasteiger partial charge in [-0.05, 0) is 67.2 Å². The molecule has 1 aromatic heterocycles. The Bertz CT molecular complexity index is 1060. The third-order valence-electron chi connectivity index (χ3n) is 6.45. The zero-order chi connectivity index (χ0) is 21.8. The number of aromatic nitrogens is 1. The molecule has 5 rings (SSSR count). The van der Waals surface area contributed by atoms with E-state index in [9.17, 15) is 0 Å². The van der Waals surface area contributed by atoms with Gasteiger partial charge in [-0.15, -0.1) is 0 Å². The molecule has 0 atom stereocenters. The minimum atomic E-state index is 0.566. The predicted octanol–water partition coefficient (Wildman–Crippen LogP) is 3.81. The van der Waals surface area contributed by atoms with E-state index in [1.807, 2.05) is 18.3 Å². The summed E-state index contributed by atoms with van der Waals surface area (Å²) in [7, 11) is 1.71. The van der Waals surface area contributed by atoms with Gasteiger partial charge in [-0.3, -0.25) is 9.88 Å². The first-order valence-corrected chi connectivity index (χ1v) is 11.5. The van der Waals surface area contributed by atoms with Gasteiger partial charge >= 0.3 is 0 Å². The number of methoxy groups -OCH3 is 1. The molecule has 0 saturated carbocycles. The Morgan fingerprint density at radius 3 is 2.72 bits per heavy atom. The van der Waals surface area contributed by atoms with Gasteiger partial charge in [0.1, 0.15) is 19.0 Å². The molecule has 2 aliphatic heterocycles. The quantitative estimate of drug-likeness (QED) is 0.612. The van der Waals surface area contributed by atoms with E-state index in [-0.39, 0.29) is 0 Å². The summed E-state index contributed by atoms with van der Waals surface area (Å²) in [4.78, 5) is 7.16. The summed E-state index contributed by atoms with van der Waals surface area (Å²) in [6.45, 7) is 5.39. The van der Waals surface area contributed by atoms with Crippen LogP contribution in [0.4, 0.5) is 0 Å². The molecule has 1 saturated heterocycles. The maximum atomic E-state index is 5.73. The van der Waals surface area contributed by atoms with Gasteiger partial charge in [0.25, 0.3) is 0 Å². The average Bonchev–Trinajstić information content (AvgIpc) is 2.85. The number of hydrogen-bond acceptors (Lipinski definition) is 6. The number of nitrogens with zero attached hydrogens (tertiary/aromatic N) is 2. The summed E-state index contributed by atoms with van der Waals surface area (Å²) < 4.78 is 16.8. The summed E-state index contributed by atoms with van der Waals surface area (Å²) in [6, 6.07) is 15.1. The van der Waals surface area contributed by atoms with Gasteiger partial charge in [-0.2, -0.15) is 0 Å². The van der Waals surface area contributed by atoms with Crippen LogP contribution in [-0.4, -0.2) is 55.9 Å². The van der Waals surface area contributed by atoms with E-state index in [0.717, 1.165) is 55.5 Å². The average molecular weight is 434 g/mol. The van der Waals surface area contributed by atoms with Crippen molar-refractivity contribution < 1.29 is 14.2 Å². The van der Waals surface area contributed by atoms with Gasteiger partial charge in [0.2, 0.25) is 0 Å². The molecular weight excluding hydrogens is 402 g/mol. The first-order chi connectivity index (χ1) is 15.8. The van der Waals surface area contributed by atoms with Gasteiger partial charge in [0.05, 0.1) is 7.11 Å². The third-order valence-corrected chi connectivity index (χ3v) is 6.45. The number of nitrogens with one attached hydrogen (secondary N) is 1. The SMILES string of the molecule is COc1ccc2ccnc(CCNC3CCN(Cc4ccc5c(c4)OCCO5)CC3)c2c1. The highest BCUT2D eigenvalue weighted by Gasteiger charge is 2.20. The molecule has 0 bridgehead atoms. The maximum Gasteiger partial charge on any atom is 0.161 e. The number of pyridine rings is 1. The van der Waals surface area contributed by atoms with Crippen LogP contribution >= 0.6 is 0 Å². The molecule has 6 heteroatoms. The Hall–Kier alpha value is -2.83. The van der Waals surface area contributed by atoms with E-state index in [1.165, 1.54) is 29.2 Å². The zero-order valence-electron chi connectivity index (χ0n) is 18.7.